The standard InChI is InChI=1S/C19H28O5/c1-7-12-14-18(23-11-5)16(21-9-3)13(6)17(22-10-4)19(14)24-15(20)8-2/h8H,2,7,9-12H2,1,3-6H3. The van der Waals surface area contributed by atoms with Crippen molar-refractivity contribution in [1.82, 2.24) is 0 Å². The van der Waals surface area contributed by atoms with Gasteiger partial charge in [-0.1, -0.05) is 19.9 Å². The van der Waals surface area contributed by atoms with Crippen LogP contribution in [0.25, 0.3) is 0 Å². The Hall–Kier alpha value is -2.17. The van der Waals surface area contributed by atoms with Gasteiger partial charge in [-0.2, -0.15) is 0 Å². The normalized spacial score (nSPS) is 10.2. The van der Waals surface area contributed by atoms with Crippen LogP contribution in [0.15, 0.2) is 12.7 Å². The molecule has 0 amide bonds. The first-order valence-electron chi connectivity index (χ1n) is 8.47. The fourth-order valence-electron chi connectivity index (χ4n) is 2.48. The highest BCUT2D eigenvalue weighted by molar-refractivity contribution is 5.85. The summed E-state index contributed by atoms with van der Waals surface area (Å²) < 4.78 is 22.9. The lowest BCUT2D eigenvalue weighted by Crippen LogP contribution is -2.12. The highest BCUT2D eigenvalue weighted by Gasteiger charge is 2.27. The van der Waals surface area contributed by atoms with Crippen molar-refractivity contribution in [2.45, 2.75) is 47.5 Å². The van der Waals surface area contributed by atoms with E-state index in [1.807, 2.05) is 27.7 Å². The van der Waals surface area contributed by atoms with Crippen LogP contribution in [0.5, 0.6) is 23.0 Å². The molecule has 0 heterocycles. The molecule has 0 saturated carbocycles. The van der Waals surface area contributed by atoms with Gasteiger partial charge in [0.25, 0.3) is 0 Å². The van der Waals surface area contributed by atoms with Gasteiger partial charge in [0.15, 0.2) is 23.0 Å². The molecule has 0 unspecified atom stereocenters. The van der Waals surface area contributed by atoms with Crippen molar-refractivity contribution in [3.8, 4) is 23.0 Å². The Bertz CT molecular complexity index is 578. The van der Waals surface area contributed by atoms with Crippen LogP contribution in [0.3, 0.4) is 0 Å². The zero-order valence-electron chi connectivity index (χ0n) is 15.4. The smallest absolute Gasteiger partial charge is 0.335 e. The molecule has 0 aromatic heterocycles. The van der Waals surface area contributed by atoms with Crippen molar-refractivity contribution >= 4 is 5.97 Å². The number of benzene rings is 1. The topological polar surface area (TPSA) is 54.0 Å². The molecular weight excluding hydrogens is 308 g/mol. The molecule has 24 heavy (non-hydrogen) atoms. The maximum atomic E-state index is 11.8. The zero-order chi connectivity index (χ0) is 18.1. The molecule has 1 rings (SSSR count). The molecule has 0 spiro atoms. The van der Waals surface area contributed by atoms with Crippen molar-refractivity contribution in [3.05, 3.63) is 23.8 Å². The van der Waals surface area contributed by atoms with E-state index in [4.69, 9.17) is 18.9 Å². The van der Waals surface area contributed by atoms with E-state index in [9.17, 15) is 4.79 Å². The Kier molecular flexibility index (Phi) is 8.16. The summed E-state index contributed by atoms with van der Waals surface area (Å²) in [5, 5.41) is 0. The first kappa shape index (κ1) is 19.9. The first-order valence-corrected chi connectivity index (χ1v) is 8.47. The van der Waals surface area contributed by atoms with Crippen molar-refractivity contribution in [2.24, 2.45) is 0 Å². The number of carbonyl (C=O) groups excluding carboxylic acids is 1. The lowest BCUT2D eigenvalue weighted by Gasteiger charge is -2.23. The molecule has 0 fully saturated rings. The lowest BCUT2D eigenvalue weighted by molar-refractivity contribution is -0.129. The summed E-state index contributed by atoms with van der Waals surface area (Å²) in [6, 6.07) is 0. The van der Waals surface area contributed by atoms with Gasteiger partial charge in [-0.3, -0.25) is 0 Å². The molecule has 0 aliphatic rings. The second kappa shape index (κ2) is 9.85. The summed E-state index contributed by atoms with van der Waals surface area (Å²) in [5.41, 5.74) is 1.54. The highest BCUT2D eigenvalue weighted by Crippen LogP contribution is 2.49. The highest BCUT2D eigenvalue weighted by atomic mass is 16.6. The molecule has 5 heteroatoms. The van der Waals surface area contributed by atoms with E-state index in [0.29, 0.717) is 49.2 Å². The van der Waals surface area contributed by atoms with E-state index < -0.39 is 5.97 Å². The average molecular weight is 336 g/mol. The minimum Gasteiger partial charge on any atom is -0.490 e. The Labute approximate surface area is 144 Å². The van der Waals surface area contributed by atoms with Crippen molar-refractivity contribution < 1.29 is 23.7 Å². The summed E-state index contributed by atoms with van der Waals surface area (Å²) in [4.78, 5) is 11.8. The van der Waals surface area contributed by atoms with Crippen LogP contribution in [0.2, 0.25) is 0 Å². The number of carbonyl (C=O) groups is 1. The average Bonchev–Trinajstić information content (AvgIpc) is 2.57. The summed E-state index contributed by atoms with van der Waals surface area (Å²) in [6.45, 7) is 14.5. The van der Waals surface area contributed by atoms with Gasteiger partial charge in [0.2, 0.25) is 0 Å². The van der Waals surface area contributed by atoms with Crippen LogP contribution in [0.4, 0.5) is 0 Å². The molecule has 1 aromatic carbocycles. The Morgan fingerprint density at radius 2 is 1.42 bits per heavy atom. The molecule has 134 valence electrons. The van der Waals surface area contributed by atoms with Crippen molar-refractivity contribution in [1.29, 1.82) is 0 Å². The Balaban J connectivity index is 3.71. The van der Waals surface area contributed by atoms with Gasteiger partial charge < -0.3 is 18.9 Å². The van der Waals surface area contributed by atoms with Gasteiger partial charge in [0, 0.05) is 17.2 Å². The van der Waals surface area contributed by atoms with Crippen molar-refractivity contribution in [3.63, 3.8) is 0 Å². The molecule has 0 saturated heterocycles. The minimum absolute atomic E-state index is 0.396. The van der Waals surface area contributed by atoms with Gasteiger partial charge >= 0.3 is 5.97 Å². The summed E-state index contributed by atoms with van der Waals surface area (Å²) in [7, 11) is 0. The second-order valence-electron chi connectivity index (χ2n) is 5.09. The minimum atomic E-state index is -0.528. The van der Waals surface area contributed by atoms with Crippen molar-refractivity contribution in [2.75, 3.05) is 19.8 Å². The fraction of sp³-hybridized carbons (Fsp3) is 0.526. The largest absolute Gasteiger partial charge is 0.490 e. The van der Waals surface area contributed by atoms with E-state index >= 15 is 0 Å². The SMILES string of the molecule is C=CC(=O)Oc1c(CCC)c(OCC)c(OCC)c(C)c1OCC. The van der Waals surface area contributed by atoms with Crippen LogP contribution in [0.1, 0.15) is 45.2 Å². The van der Waals surface area contributed by atoms with Crippen LogP contribution >= 0.6 is 0 Å². The third kappa shape index (κ3) is 4.43. The number of esters is 1. The van der Waals surface area contributed by atoms with Crippen LogP contribution < -0.4 is 18.9 Å². The summed E-state index contributed by atoms with van der Waals surface area (Å²) in [6.07, 6.45) is 2.67. The van der Waals surface area contributed by atoms with E-state index in [2.05, 4.69) is 13.5 Å². The molecule has 1 aromatic rings. The van der Waals surface area contributed by atoms with Gasteiger partial charge in [0.05, 0.1) is 19.8 Å². The first-order chi connectivity index (χ1) is 11.5. The second-order valence-corrected chi connectivity index (χ2v) is 5.09. The molecule has 0 aliphatic heterocycles. The Morgan fingerprint density at radius 1 is 0.917 bits per heavy atom. The third-order valence-corrected chi connectivity index (χ3v) is 3.38. The quantitative estimate of drug-likeness (QED) is 0.363. The number of hydrogen-bond acceptors (Lipinski definition) is 5. The fourth-order valence-corrected chi connectivity index (χ4v) is 2.48. The molecule has 0 radical (unpaired) electrons. The van der Waals surface area contributed by atoms with Crippen LogP contribution in [0, 0.1) is 6.92 Å². The number of ether oxygens (including phenoxy) is 4. The molecule has 0 atom stereocenters. The van der Waals surface area contributed by atoms with E-state index in [1.54, 1.807) is 0 Å². The summed E-state index contributed by atoms with van der Waals surface area (Å²) >= 11 is 0. The zero-order valence-corrected chi connectivity index (χ0v) is 15.4. The molecular formula is C19H28O5. The molecule has 0 bridgehead atoms. The predicted molar refractivity (Wildman–Crippen MR) is 94.5 cm³/mol. The monoisotopic (exact) mass is 336 g/mol. The Morgan fingerprint density at radius 3 is 1.88 bits per heavy atom. The third-order valence-electron chi connectivity index (χ3n) is 3.38. The molecule has 5 nitrogen and oxygen atoms in total. The predicted octanol–water partition coefficient (Wildman–Crippen LogP) is 4.24. The van der Waals surface area contributed by atoms with Gasteiger partial charge in [0.1, 0.15) is 0 Å². The number of rotatable bonds is 10. The van der Waals surface area contributed by atoms with E-state index in [1.165, 1.54) is 0 Å². The molecule has 0 N–H and O–H groups in total. The summed E-state index contributed by atoms with van der Waals surface area (Å²) in [5.74, 6) is 1.65. The van der Waals surface area contributed by atoms with Gasteiger partial charge in [-0.15, -0.1) is 0 Å². The van der Waals surface area contributed by atoms with E-state index in [-0.39, 0.29) is 0 Å². The van der Waals surface area contributed by atoms with Crippen LogP contribution in [-0.4, -0.2) is 25.8 Å². The van der Waals surface area contributed by atoms with Gasteiger partial charge in [-0.05, 0) is 34.1 Å². The molecule has 0 aliphatic carbocycles. The van der Waals surface area contributed by atoms with Gasteiger partial charge in [-0.25, -0.2) is 4.79 Å². The number of hydrogen-bond donors (Lipinski definition) is 0. The maximum absolute atomic E-state index is 11.8. The van der Waals surface area contributed by atoms with Crippen LogP contribution in [-0.2, 0) is 11.2 Å². The lowest BCUT2D eigenvalue weighted by atomic mass is 10.0. The van der Waals surface area contributed by atoms with E-state index in [0.717, 1.165) is 23.6 Å². The maximum Gasteiger partial charge on any atom is 0.335 e.